The number of benzene rings is 1. The number of nitrogens with zero attached hydrogens (tertiary/aromatic N) is 2. The zero-order valence-electron chi connectivity index (χ0n) is 15.1. The van der Waals surface area contributed by atoms with Crippen LogP contribution in [0.25, 0.3) is 0 Å². The largest absolute Gasteiger partial charge is 0.493 e. The van der Waals surface area contributed by atoms with Crippen molar-refractivity contribution in [2.75, 3.05) is 26.2 Å². The molecule has 0 atom stereocenters. The molecule has 1 aromatic heterocycles. The Morgan fingerprint density at radius 3 is 2.81 bits per heavy atom. The van der Waals surface area contributed by atoms with E-state index in [1.54, 1.807) is 17.3 Å². The number of aromatic nitrogens is 1. The van der Waals surface area contributed by atoms with Crippen LogP contribution in [-0.2, 0) is 0 Å². The Morgan fingerprint density at radius 2 is 2.11 bits per heavy atom. The number of hydrogen-bond donors (Lipinski definition) is 1. The van der Waals surface area contributed by atoms with Crippen molar-refractivity contribution in [3.63, 3.8) is 0 Å². The molecular formula is C20H24FN3O3. The van der Waals surface area contributed by atoms with Gasteiger partial charge in [-0.3, -0.25) is 9.78 Å². The number of amides is 1. The first-order valence-corrected chi connectivity index (χ1v) is 9.15. The van der Waals surface area contributed by atoms with E-state index in [-0.39, 0.29) is 17.6 Å². The van der Waals surface area contributed by atoms with Gasteiger partial charge >= 0.3 is 0 Å². The minimum absolute atomic E-state index is 0.0334. The SMILES string of the molecule is NCCCOc1ccc(F)cc1C(=O)N1CCC(Oc2cccnc2)CC1. The van der Waals surface area contributed by atoms with Crippen LogP contribution in [0.4, 0.5) is 4.39 Å². The average molecular weight is 373 g/mol. The van der Waals surface area contributed by atoms with Crippen molar-refractivity contribution >= 4 is 5.91 Å². The fourth-order valence-corrected chi connectivity index (χ4v) is 3.02. The molecule has 1 amide bonds. The lowest BCUT2D eigenvalue weighted by atomic mass is 10.1. The zero-order chi connectivity index (χ0) is 19.1. The molecule has 1 fully saturated rings. The Hall–Kier alpha value is -2.67. The summed E-state index contributed by atoms with van der Waals surface area (Å²) < 4.78 is 25.2. The fourth-order valence-electron chi connectivity index (χ4n) is 3.02. The van der Waals surface area contributed by atoms with Crippen LogP contribution < -0.4 is 15.2 Å². The summed E-state index contributed by atoms with van der Waals surface area (Å²) in [6.07, 6.45) is 5.49. The molecule has 1 aliphatic rings. The smallest absolute Gasteiger partial charge is 0.257 e. The lowest BCUT2D eigenvalue weighted by molar-refractivity contribution is 0.0590. The van der Waals surface area contributed by atoms with Gasteiger partial charge in [-0.2, -0.15) is 0 Å². The van der Waals surface area contributed by atoms with Crippen molar-refractivity contribution in [1.82, 2.24) is 9.88 Å². The number of rotatable bonds is 7. The Morgan fingerprint density at radius 1 is 1.30 bits per heavy atom. The van der Waals surface area contributed by atoms with Crippen molar-refractivity contribution in [2.24, 2.45) is 5.73 Å². The van der Waals surface area contributed by atoms with Gasteiger partial charge < -0.3 is 20.1 Å². The fraction of sp³-hybridized carbons (Fsp3) is 0.400. The number of hydrogen-bond acceptors (Lipinski definition) is 5. The summed E-state index contributed by atoms with van der Waals surface area (Å²) in [5.74, 6) is 0.433. The first kappa shape index (κ1) is 19.1. The first-order valence-electron chi connectivity index (χ1n) is 9.15. The van der Waals surface area contributed by atoms with Gasteiger partial charge in [-0.15, -0.1) is 0 Å². The minimum Gasteiger partial charge on any atom is -0.493 e. The molecule has 27 heavy (non-hydrogen) atoms. The number of nitrogens with two attached hydrogens (primary N) is 1. The van der Waals surface area contributed by atoms with Gasteiger partial charge in [0.15, 0.2) is 0 Å². The summed E-state index contributed by atoms with van der Waals surface area (Å²) in [4.78, 5) is 18.6. The topological polar surface area (TPSA) is 77.7 Å². The monoisotopic (exact) mass is 373 g/mol. The van der Waals surface area contributed by atoms with E-state index in [1.165, 1.54) is 18.2 Å². The molecule has 0 radical (unpaired) electrons. The van der Waals surface area contributed by atoms with Gasteiger partial charge in [-0.05, 0) is 43.3 Å². The summed E-state index contributed by atoms with van der Waals surface area (Å²) in [7, 11) is 0. The van der Waals surface area contributed by atoms with E-state index in [0.717, 1.165) is 5.75 Å². The van der Waals surface area contributed by atoms with Crippen LogP contribution in [0.1, 0.15) is 29.6 Å². The van der Waals surface area contributed by atoms with Gasteiger partial charge in [0.05, 0.1) is 18.4 Å². The predicted molar refractivity (Wildman–Crippen MR) is 99.4 cm³/mol. The number of carbonyl (C=O) groups is 1. The molecule has 2 N–H and O–H groups in total. The molecule has 144 valence electrons. The average Bonchev–Trinajstić information content (AvgIpc) is 2.70. The molecule has 0 aliphatic carbocycles. The lowest BCUT2D eigenvalue weighted by Gasteiger charge is -2.32. The van der Waals surface area contributed by atoms with E-state index < -0.39 is 5.82 Å². The summed E-state index contributed by atoms with van der Waals surface area (Å²) in [6.45, 7) is 1.98. The molecule has 0 bridgehead atoms. The second-order valence-electron chi connectivity index (χ2n) is 6.43. The van der Waals surface area contributed by atoms with Gasteiger partial charge in [0.1, 0.15) is 23.4 Å². The van der Waals surface area contributed by atoms with Gasteiger partial charge in [0.2, 0.25) is 0 Å². The molecule has 0 saturated carbocycles. The maximum atomic E-state index is 13.7. The van der Waals surface area contributed by atoms with Crippen LogP contribution in [0.2, 0.25) is 0 Å². The van der Waals surface area contributed by atoms with Gasteiger partial charge in [-0.25, -0.2) is 4.39 Å². The third-order valence-electron chi connectivity index (χ3n) is 4.44. The van der Waals surface area contributed by atoms with E-state index in [1.807, 2.05) is 12.1 Å². The highest BCUT2D eigenvalue weighted by atomic mass is 19.1. The van der Waals surface area contributed by atoms with E-state index in [0.29, 0.717) is 51.3 Å². The van der Waals surface area contributed by atoms with Crippen LogP contribution in [0.5, 0.6) is 11.5 Å². The van der Waals surface area contributed by atoms with Crippen LogP contribution in [-0.4, -0.2) is 48.1 Å². The van der Waals surface area contributed by atoms with Gasteiger partial charge in [0.25, 0.3) is 5.91 Å². The summed E-state index contributed by atoms with van der Waals surface area (Å²) in [6, 6.07) is 7.71. The van der Waals surface area contributed by atoms with E-state index in [4.69, 9.17) is 15.2 Å². The standard InChI is InChI=1S/C20H24FN3O3/c21-15-4-5-19(26-12-2-8-22)18(13-15)20(25)24-10-6-16(7-11-24)27-17-3-1-9-23-14-17/h1,3-5,9,13-14,16H,2,6-8,10-12,22H2. The third kappa shape index (κ3) is 5.17. The number of halogens is 1. The number of ether oxygens (including phenoxy) is 2. The first-order chi connectivity index (χ1) is 13.2. The highest BCUT2D eigenvalue weighted by Gasteiger charge is 2.27. The molecule has 1 aromatic carbocycles. The van der Waals surface area contributed by atoms with Crippen LogP contribution in [0.3, 0.4) is 0 Å². The van der Waals surface area contributed by atoms with Crippen molar-refractivity contribution in [1.29, 1.82) is 0 Å². The predicted octanol–water partition coefficient (Wildman–Crippen LogP) is 2.63. The maximum absolute atomic E-state index is 13.7. The molecule has 7 heteroatoms. The second kappa shape index (κ2) is 9.32. The maximum Gasteiger partial charge on any atom is 0.257 e. The van der Waals surface area contributed by atoms with E-state index in [9.17, 15) is 9.18 Å². The van der Waals surface area contributed by atoms with E-state index in [2.05, 4.69) is 4.98 Å². The minimum atomic E-state index is -0.459. The Bertz CT molecular complexity index is 749. The molecule has 6 nitrogen and oxygen atoms in total. The number of pyridine rings is 1. The van der Waals surface area contributed by atoms with Crippen LogP contribution in [0.15, 0.2) is 42.7 Å². The Kier molecular flexibility index (Phi) is 6.59. The molecule has 0 unspecified atom stereocenters. The van der Waals surface area contributed by atoms with Gasteiger partial charge in [0, 0.05) is 32.1 Å². The van der Waals surface area contributed by atoms with Gasteiger partial charge in [-0.1, -0.05) is 0 Å². The summed E-state index contributed by atoms with van der Waals surface area (Å²) >= 11 is 0. The molecule has 2 heterocycles. The van der Waals surface area contributed by atoms with Crippen LogP contribution in [0, 0.1) is 5.82 Å². The zero-order valence-corrected chi connectivity index (χ0v) is 15.1. The molecule has 0 spiro atoms. The summed E-state index contributed by atoms with van der Waals surface area (Å²) in [5, 5.41) is 0. The molecule has 1 aliphatic heterocycles. The molecule has 3 rings (SSSR count). The summed E-state index contributed by atoms with van der Waals surface area (Å²) in [5.41, 5.74) is 5.72. The number of piperidine rings is 1. The van der Waals surface area contributed by atoms with E-state index >= 15 is 0 Å². The van der Waals surface area contributed by atoms with Crippen molar-refractivity contribution < 1.29 is 18.7 Å². The highest BCUT2D eigenvalue weighted by Crippen LogP contribution is 2.25. The normalized spacial score (nSPS) is 14.8. The second-order valence-corrected chi connectivity index (χ2v) is 6.43. The quantitative estimate of drug-likeness (QED) is 0.755. The Balaban J connectivity index is 1.61. The number of carbonyl (C=O) groups excluding carboxylic acids is 1. The van der Waals surface area contributed by atoms with Crippen molar-refractivity contribution in [3.8, 4) is 11.5 Å². The molecule has 2 aromatic rings. The number of likely N-dealkylation sites (tertiary alicyclic amines) is 1. The van der Waals surface area contributed by atoms with Crippen molar-refractivity contribution in [3.05, 3.63) is 54.1 Å². The third-order valence-corrected chi connectivity index (χ3v) is 4.44. The van der Waals surface area contributed by atoms with Crippen molar-refractivity contribution in [2.45, 2.75) is 25.4 Å². The molecule has 1 saturated heterocycles. The lowest BCUT2D eigenvalue weighted by Crippen LogP contribution is -2.42. The highest BCUT2D eigenvalue weighted by molar-refractivity contribution is 5.97. The van der Waals surface area contributed by atoms with Crippen LogP contribution >= 0.6 is 0 Å². The Labute approximate surface area is 158 Å². The molecular weight excluding hydrogens is 349 g/mol.